The molecule has 0 aliphatic rings. The molecule has 2 aromatic carbocycles. The summed E-state index contributed by atoms with van der Waals surface area (Å²) < 4.78 is 11.2. The van der Waals surface area contributed by atoms with E-state index in [0.29, 0.717) is 22.4 Å². The molecule has 6 nitrogen and oxygen atoms in total. The summed E-state index contributed by atoms with van der Waals surface area (Å²) in [5, 5.41) is 6.26. The summed E-state index contributed by atoms with van der Waals surface area (Å²) in [6, 6.07) is 16.2. The number of carbonyl (C=O) groups excluding carboxylic acids is 2. The quantitative estimate of drug-likeness (QED) is 0.716. The molecule has 0 bridgehead atoms. The van der Waals surface area contributed by atoms with Crippen molar-refractivity contribution in [3.05, 3.63) is 60.4 Å². The van der Waals surface area contributed by atoms with Gasteiger partial charge in [0.25, 0.3) is 11.8 Å². The van der Waals surface area contributed by atoms with Gasteiger partial charge >= 0.3 is 0 Å². The Labute approximate surface area is 157 Å². The fourth-order valence-corrected chi connectivity index (χ4v) is 2.57. The highest BCUT2D eigenvalue weighted by Crippen LogP contribution is 2.31. The van der Waals surface area contributed by atoms with Gasteiger partial charge in [-0.05, 0) is 45.0 Å². The second-order valence-corrected chi connectivity index (χ2v) is 7.16. The van der Waals surface area contributed by atoms with Gasteiger partial charge in [-0.2, -0.15) is 0 Å². The maximum atomic E-state index is 12.6. The topological polar surface area (TPSA) is 80.6 Å². The molecule has 0 radical (unpaired) electrons. The summed E-state index contributed by atoms with van der Waals surface area (Å²) in [6.45, 7) is 5.45. The number of benzene rings is 2. The number of anilines is 1. The SMILES string of the molecule is CC(C)(C)NC(=O)c1oc2ccccc2c1NC(=O)COc1ccccc1. The lowest BCUT2D eigenvalue weighted by atomic mass is 10.1. The largest absolute Gasteiger partial charge is 0.484 e. The molecule has 0 saturated carbocycles. The van der Waals surface area contributed by atoms with E-state index in [0.717, 1.165) is 0 Å². The lowest BCUT2D eigenvalue weighted by Gasteiger charge is -2.20. The average molecular weight is 366 g/mol. The minimum absolute atomic E-state index is 0.0687. The van der Waals surface area contributed by atoms with Crippen molar-refractivity contribution >= 4 is 28.5 Å². The summed E-state index contributed by atoms with van der Waals surface area (Å²) in [4.78, 5) is 25.0. The van der Waals surface area contributed by atoms with Gasteiger partial charge < -0.3 is 19.8 Å². The molecule has 2 amide bonds. The first-order chi connectivity index (χ1) is 12.8. The molecule has 27 heavy (non-hydrogen) atoms. The zero-order valence-corrected chi connectivity index (χ0v) is 15.5. The first-order valence-corrected chi connectivity index (χ1v) is 8.65. The number of para-hydroxylation sites is 2. The van der Waals surface area contributed by atoms with E-state index in [1.165, 1.54) is 0 Å². The standard InChI is InChI=1S/C21H22N2O4/c1-21(2,3)23-20(25)19-18(15-11-7-8-12-16(15)27-19)22-17(24)13-26-14-9-5-4-6-10-14/h4-12H,13H2,1-3H3,(H,22,24)(H,23,25). The Kier molecular flexibility index (Phi) is 5.16. The highest BCUT2D eigenvalue weighted by Gasteiger charge is 2.25. The van der Waals surface area contributed by atoms with Crippen LogP contribution in [0.3, 0.4) is 0 Å². The molecule has 0 spiro atoms. The first kappa shape index (κ1) is 18.5. The highest BCUT2D eigenvalue weighted by molar-refractivity contribution is 6.11. The number of amides is 2. The molecule has 0 aliphatic heterocycles. The van der Waals surface area contributed by atoms with Crippen molar-refractivity contribution in [2.75, 3.05) is 11.9 Å². The molecule has 0 atom stereocenters. The minimum atomic E-state index is -0.437. The van der Waals surface area contributed by atoms with Crippen molar-refractivity contribution in [3.8, 4) is 5.75 Å². The van der Waals surface area contributed by atoms with Crippen molar-refractivity contribution < 1.29 is 18.7 Å². The second-order valence-electron chi connectivity index (χ2n) is 7.16. The second kappa shape index (κ2) is 7.53. The fraction of sp³-hybridized carbons (Fsp3) is 0.238. The summed E-state index contributed by atoms with van der Waals surface area (Å²) in [7, 11) is 0. The van der Waals surface area contributed by atoms with Crippen LogP contribution in [-0.4, -0.2) is 24.0 Å². The average Bonchev–Trinajstić information content (AvgIpc) is 2.98. The molecule has 1 heterocycles. The van der Waals surface area contributed by atoms with E-state index in [4.69, 9.17) is 9.15 Å². The van der Waals surface area contributed by atoms with Gasteiger partial charge in [0.2, 0.25) is 5.76 Å². The van der Waals surface area contributed by atoms with Crippen molar-refractivity contribution in [3.63, 3.8) is 0 Å². The van der Waals surface area contributed by atoms with Gasteiger partial charge in [0, 0.05) is 10.9 Å². The van der Waals surface area contributed by atoms with Crippen LogP contribution in [0.1, 0.15) is 31.3 Å². The number of hydrogen-bond acceptors (Lipinski definition) is 4. The number of furan rings is 1. The van der Waals surface area contributed by atoms with Gasteiger partial charge in [0.05, 0.1) is 0 Å². The zero-order chi connectivity index (χ0) is 19.4. The molecular weight excluding hydrogens is 344 g/mol. The lowest BCUT2D eigenvalue weighted by Crippen LogP contribution is -2.40. The Bertz CT molecular complexity index is 955. The molecular formula is C21H22N2O4. The van der Waals surface area contributed by atoms with E-state index in [1.54, 1.807) is 30.3 Å². The van der Waals surface area contributed by atoms with Crippen LogP contribution in [0, 0.1) is 0 Å². The number of hydrogen-bond donors (Lipinski definition) is 2. The molecule has 1 aromatic heterocycles. The van der Waals surface area contributed by atoms with Crippen LogP contribution in [0.2, 0.25) is 0 Å². The number of nitrogens with one attached hydrogen (secondary N) is 2. The monoisotopic (exact) mass is 366 g/mol. The maximum Gasteiger partial charge on any atom is 0.289 e. The number of rotatable bonds is 5. The Morgan fingerprint density at radius 2 is 1.67 bits per heavy atom. The van der Waals surface area contributed by atoms with Gasteiger partial charge in [-0.3, -0.25) is 9.59 Å². The van der Waals surface area contributed by atoms with E-state index in [-0.39, 0.29) is 18.3 Å². The summed E-state index contributed by atoms with van der Waals surface area (Å²) in [5.41, 5.74) is 0.429. The van der Waals surface area contributed by atoms with Crippen molar-refractivity contribution in [1.82, 2.24) is 5.32 Å². The van der Waals surface area contributed by atoms with Crippen LogP contribution < -0.4 is 15.4 Å². The Hall–Kier alpha value is -3.28. The third kappa shape index (κ3) is 4.67. The summed E-state index contributed by atoms with van der Waals surface area (Å²) in [5.74, 6) is -0.109. The zero-order valence-electron chi connectivity index (χ0n) is 15.5. The number of fused-ring (bicyclic) bond motifs is 1. The van der Waals surface area contributed by atoms with Crippen LogP contribution in [-0.2, 0) is 4.79 Å². The molecule has 0 aliphatic carbocycles. The number of ether oxygens (including phenoxy) is 1. The summed E-state index contributed by atoms with van der Waals surface area (Å²) in [6.07, 6.45) is 0. The third-order valence-electron chi connectivity index (χ3n) is 3.67. The first-order valence-electron chi connectivity index (χ1n) is 8.65. The van der Waals surface area contributed by atoms with Crippen LogP contribution in [0.25, 0.3) is 11.0 Å². The Balaban J connectivity index is 1.82. The van der Waals surface area contributed by atoms with Crippen LogP contribution in [0.5, 0.6) is 5.75 Å². The van der Waals surface area contributed by atoms with Gasteiger partial charge in [-0.1, -0.05) is 30.3 Å². The fourth-order valence-electron chi connectivity index (χ4n) is 2.57. The molecule has 0 unspecified atom stereocenters. The Morgan fingerprint density at radius 3 is 2.37 bits per heavy atom. The minimum Gasteiger partial charge on any atom is -0.484 e. The van der Waals surface area contributed by atoms with Gasteiger partial charge in [-0.25, -0.2) is 0 Å². The number of carbonyl (C=O) groups is 2. The van der Waals surface area contributed by atoms with Crippen molar-refractivity contribution in [2.45, 2.75) is 26.3 Å². The molecule has 0 saturated heterocycles. The lowest BCUT2D eigenvalue weighted by molar-refractivity contribution is -0.118. The molecule has 2 N–H and O–H groups in total. The van der Waals surface area contributed by atoms with E-state index < -0.39 is 11.4 Å². The van der Waals surface area contributed by atoms with E-state index in [1.807, 2.05) is 45.0 Å². The molecule has 3 aromatic rings. The highest BCUT2D eigenvalue weighted by atomic mass is 16.5. The van der Waals surface area contributed by atoms with E-state index in [9.17, 15) is 9.59 Å². The van der Waals surface area contributed by atoms with Crippen molar-refractivity contribution in [2.24, 2.45) is 0 Å². The molecule has 0 fully saturated rings. The third-order valence-corrected chi connectivity index (χ3v) is 3.67. The maximum absolute atomic E-state index is 12.6. The smallest absolute Gasteiger partial charge is 0.289 e. The van der Waals surface area contributed by atoms with E-state index >= 15 is 0 Å². The Morgan fingerprint density at radius 1 is 1.00 bits per heavy atom. The van der Waals surface area contributed by atoms with Crippen LogP contribution in [0.15, 0.2) is 59.0 Å². The van der Waals surface area contributed by atoms with Gasteiger partial charge in [-0.15, -0.1) is 0 Å². The van der Waals surface area contributed by atoms with Crippen molar-refractivity contribution in [1.29, 1.82) is 0 Å². The van der Waals surface area contributed by atoms with Gasteiger partial charge in [0.15, 0.2) is 6.61 Å². The van der Waals surface area contributed by atoms with E-state index in [2.05, 4.69) is 10.6 Å². The molecule has 3 rings (SSSR count). The van der Waals surface area contributed by atoms with Gasteiger partial charge in [0.1, 0.15) is 17.0 Å². The van der Waals surface area contributed by atoms with Crippen LogP contribution in [0.4, 0.5) is 5.69 Å². The molecule has 140 valence electrons. The summed E-state index contributed by atoms with van der Waals surface area (Å²) >= 11 is 0. The predicted molar refractivity (Wildman–Crippen MR) is 104 cm³/mol. The predicted octanol–water partition coefficient (Wildman–Crippen LogP) is 3.98. The van der Waals surface area contributed by atoms with Crippen LogP contribution >= 0.6 is 0 Å². The normalized spacial score (nSPS) is 11.2. The molecule has 6 heteroatoms.